The molecule has 25 heavy (non-hydrogen) atoms. The first kappa shape index (κ1) is 25.2. The Hall–Kier alpha value is -2.02. The van der Waals surface area contributed by atoms with Gasteiger partial charge in [0.05, 0.1) is 0 Å². The van der Waals surface area contributed by atoms with Gasteiger partial charge in [-0.05, 0) is 31.8 Å². The van der Waals surface area contributed by atoms with E-state index in [-0.39, 0.29) is 0 Å². The molecular formula is C24H39N. The molecule has 0 bridgehead atoms. The van der Waals surface area contributed by atoms with Crippen molar-refractivity contribution in [2.75, 3.05) is 6.54 Å². The Balaban J connectivity index is 0. The van der Waals surface area contributed by atoms with Crippen molar-refractivity contribution in [3.63, 3.8) is 0 Å². The lowest BCUT2D eigenvalue weighted by Crippen LogP contribution is -2.22. The first-order valence-electron chi connectivity index (χ1n) is 9.34. The molecular weight excluding hydrogens is 302 g/mol. The van der Waals surface area contributed by atoms with Gasteiger partial charge in [-0.2, -0.15) is 0 Å². The van der Waals surface area contributed by atoms with Crippen LogP contribution >= 0.6 is 0 Å². The number of nitrogens with zero attached hydrogens (tertiary/aromatic N) is 1. The van der Waals surface area contributed by atoms with Crippen LogP contribution < -0.4 is 0 Å². The van der Waals surface area contributed by atoms with Crippen molar-refractivity contribution in [2.45, 2.75) is 53.9 Å². The minimum Gasteiger partial charge on any atom is -0.342 e. The van der Waals surface area contributed by atoms with E-state index in [0.717, 1.165) is 25.8 Å². The Morgan fingerprint density at radius 2 is 1.64 bits per heavy atom. The van der Waals surface area contributed by atoms with Crippen LogP contribution in [-0.4, -0.2) is 11.4 Å². The van der Waals surface area contributed by atoms with Gasteiger partial charge in [-0.1, -0.05) is 102 Å². The van der Waals surface area contributed by atoms with Crippen LogP contribution in [0.5, 0.6) is 0 Å². The lowest BCUT2D eigenvalue weighted by molar-refractivity contribution is 0.455. The third kappa shape index (κ3) is 14.1. The summed E-state index contributed by atoms with van der Waals surface area (Å²) in [6, 6.07) is 0. The Labute approximate surface area is 157 Å². The highest BCUT2D eigenvalue weighted by Crippen LogP contribution is 2.21. The van der Waals surface area contributed by atoms with Crippen molar-refractivity contribution in [2.24, 2.45) is 5.92 Å². The molecule has 0 aliphatic rings. The van der Waals surface area contributed by atoms with Crippen LogP contribution in [0.15, 0.2) is 85.8 Å². The first-order chi connectivity index (χ1) is 12.0. The van der Waals surface area contributed by atoms with Crippen molar-refractivity contribution in [1.29, 1.82) is 0 Å². The standard InChI is InChI=1S/C20H33N.C4H6/c1-7-11-13-16-21(19(10-4)15-12-8-2)20(14-9-3)17-18(5)6;1-3-4-2/h8,10-13,15,17-18H,2,7,9,14,16H2,1,3-6H3;3-4H,1-2H2/b13-11-,15-12-,19-10+,20-17+;. The first-order valence-corrected chi connectivity index (χ1v) is 9.34. The normalized spacial score (nSPS) is 12.2. The molecule has 0 unspecified atom stereocenters. The fourth-order valence-electron chi connectivity index (χ4n) is 2.19. The number of hydrogen-bond donors (Lipinski definition) is 0. The summed E-state index contributed by atoms with van der Waals surface area (Å²) in [5.41, 5.74) is 2.64. The van der Waals surface area contributed by atoms with E-state index in [2.05, 4.69) is 89.6 Å². The maximum atomic E-state index is 3.77. The largest absolute Gasteiger partial charge is 0.342 e. The summed E-state index contributed by atoms with van der Waals surface area (Å²) in [5.74, 6) is 0.561. The quantitative estimate of drug-likeness (QED) is 0.276. The molecule has 0 aromatic carbocycles. The van der Waals surface area contributed by atoms with Crippen molar-refractivity contribution < 1.29 is 0 Å². The molecule has 0 aliphatic heterocycles. The van der Waals surface area contributed by atoms with Crippen LogP contribution in [0.4, 0.5) is 0 Å². The SMILES string of the molecule is C=C/C=C\C(=C/C)N(C/C=C\CC)/C(=C/C(C)C)CCC.C=CC=C. The van der Waals surface area contributed by atoms with E-state index in [4.69, 9.17) is 0 Å². The fourth-order valence-corrected chi connectivity index (χ4v) is 2.19. The molecule has 0 N–H and O–H groups in total. The van der Waals surface area contributed by atoms with Crippen molar-refractivity contribution in [3.05, 3.63) is 85.8 Å². The van der Waals surface area contributed by atoms with Gasteiger partial charge in [-0.15, -0.1) is 0 Å². The second kappa shape index (κ2) is 18.3. The average Bonchev–Trinajstić information content (AvgIpc) is 2.60. The number of hydrogen-bond acceptors (Lipinski definition) is 1. The third-order valence-electron chi connectivity index (χ3n) is 3.25. The lowest BCUT2D eigenvalue weighted by atomic mass is 10.1. The highest BCUT2D eigenvalue weighted by molar-refractivity contribution is 5.26. The van der Waals surface area contributed by atoms with Gasteiger partial charge < -0.3 is 4.90 Å². The molecule has 0 radical (unpaired) electrons. The van der Waals surface area contributed by atoms with Gasteiger partial charge >= 0.3 is 0 Å². The average molecular weight is 342 g/mol. The second-order valence-electron chi connectivity index (χ2n) is 5.92. The molecule has 0 rings (SSSR count). The summed E-state index contributed by atoms with van der Waals surface area (Å²) in [7, 11) is 0. The Morgan fingerprint density at radius 3 is 2.04 bits per heavy atom. The molecule has 140 valence electrons. The molecule has 0 fully saturated rings. The topological polar surface area (TPSA) is 3.24 Å². The zero-order valence-electron chi connectivity index (χ0n) is 17.2. The van der Waals surface area contributed by atoms with Crippen LogP contribution in [0.25, 0.3) is 0 Å². The third-order valence-corrected chi connectivity index (χ3v) is 3.25. The van der Waals surface area contributed by atoms with Crippen molar-refractivity contribution in [3.8, 4) is 0 Å². The molecule has 0 saturated heterocycles. The van der Waals surface area contributed by atoms with E-state index in [1.807, 2.05) is 12.2 Å². The Morgan fingerprint density at radius 1 is 1.00 bits per heavy atom. The summed E-state index contributed by atoms with van der Waals surface area (Å²) in [5, 5.41) is 0. The summed E-state index contributed by atoms with van der Waals surface area (Å²) in [6.45, 7) is 22.4. The highest BCUT2D eigenvalue weighted by atomic mass is 15.1. The molecule has 0 atom stereocenters. The highest BCUT2D eigenvalue weighted by Gasteiger charge is 2.11. The van der Waals surface area contributed by atoms with Crippen molar-refractivity contribution >= 4 is 0 Å². The van der Waals surface area contributed by atoms with E-state index < -0.39 is 0 Å². The number of allylic oxidation sites excluding steroid dienone is 9. The number of rotatable bonds is 11. The minimum absolute atomic E-state index is 0.561. The van der Waals surface area contributed by atoms with Crippen LogP contribution in [0.1, 0.15) is 53.9 Å². The molecule has 0 saturated carbocycles. The molecule has 0 aromatic heterocycles. The summed E-state index contributed by atoms with van der Waals surface area (Å²) in [4.78, 5) is 2.41. The van der Waals surface area contributed by atoms with Crippen molar-refractivity contribution in [1.82, 2.24) is 4.90 Å². The smallest absolute Gasteiger partial charge is 0.0408 e. The maximum absolute atomic E-state index is 3.77. The molecule has 0 heterocycles. The molecule has 1 nitrogen and oxygen atoms in total. The van der Waals surface area contributed by atoms with Gasteiger partial charge in [0, 0.05) is 17.9 Å². The van der Waals surface area contributed by atoms with Crippen LogP contribution in [-0.2, 0) is 0 Å². The van der Waals surface area contributed by atoms with Gasteiger partial charge in [-0.3, -0.25) is 0 Å². The van der Waals surface area contributed by atoms with Gasteiger partial charge in [0.2, 0.25) is 0 Å². The van der Waals surface area contributed by atoms with E-state index >= 15 is 0 Å². The van der Waals surface area contributed by atoms with E-state index in [1.54, 1.807) is 12.2 Å². The molecule has 0 spiro atoms. The van der Waals surface area contributed by atoms with Gasteiger partial charge in [0.25, 0.3) is 0 Å². The van der Waals surface area contributed by atoms with Gasteiger partial charge in [0.1, 0.15) is 0 Å². The van der Waals surface area contributed by atoms with E-state index in [0.29, 0.717) is 5.92 Å². The van der Waals surface area contributed by atoms with E-state index in [1.165, 1.54) is 11.4 Å². The summed E-state index contributed by atoms with van der Waals surface area (Å²) >= 11 is 0. The Bertz CT molecular complexity index is 466. The molecule has 1 heteroatoms. The molecule has 0 aliphatic carbocycles. The summed E-state index contributed by atoms with van der Waals surface area (Å²) < 4.78 is 0. The minimum atomic E-state index is 0.561. The van der Waals surface area contributed by atoms with E-state index in [9.17, 15) is 0 Å². The fraction of sp³-hybridized carbons (Fsp3) is 0.417. The molecule has 0 aromatic rings. The van der Waals surface area contributed by atoms with Crippen LogP contribution in [0, 0.1) is 5.92 Å². The van der Waals surface area contributed by atoms with Crippen LogP contribution in [0.2, 0.25) is 0 Å². The molecule has 0 amide bonds. The summed E-state index contributed by atoms with van der Waals surface area (Å²) in [6.07, 6.45) is 21.6. The monoisotopic (exact) mass is 341 g/mol. The zero-order chi connectivity index (χ0) is 19.5. The Kier molecular flexibility index (Phi) is 18.5. The predicted octanol–water partition coefficient (Wildman–Crippen LogP) is 7.60. The van der Waals surface area contributed by atoms with Gasteiger partial charge in [0.15, 0.2) is 0 Å². The zero-order valence-corrected chi connectivity index (χ0v) is 17.2. The predicted molar refractivity (Wildman–Crippen MR) is 117 cm³/mol. The second-order valence-corrected chi connectivity index (χ2v) is 5.92. The lowest BCUT2D eigenvalue weighted by Gasteiger charge is -2.28. The van der Waals surface area contributed by atoms with Crippen LogP contribution in [0.3, 0.4) is 0 Å². The maximum Gasteiger partial charge on any atom is 0.0408 e. The van der Waals surface area contributed by atoms with Gasteiger partial charge in [-0.25, -0.2) is 0 Å².